The number of ether oxygens (including phenoxy) is 1. The predicted octanol–water partition coefficient (Wildman–Crippen LogP) is 1.84. The molecule has 0 unspecified atom stereocenters. The normalized spacial score (nSPS) is 10.7. The van der Waals surface area contributed by atoms with Crippen molar-refractivity contribution in [3.8, 4) is 17.6 Å². The highest BCUT2D eigenvalue weighted by atomic mass is 35.5. The van der Waals surface area contributed by atoms with Crippen molar-refractivity contribution >= 4 is 22.5 Å². The third-order valence-corrected chi connectivity index (χ3v) is 2.29. The summed E-state index contributed by atoms with van der Waals surface area (Å²) in [6.07, 6.45) is 0. The molecule has 84 valence electrons. The number of halogens is 2. The fraction of sp³-hybridized carbons (Fsp3) is 0.111. The van der Waals surface area contributed by atoms with Gasteiger partial charge < -0.3 is 14.9 Å². The quantitative estimate of drug-likeness (QED) is 0.801. The Labute approximate surface area is 94.1 Å². The zero-order valence-corrected chi connectivity index (χ0v) is 8.79. The molecule has 2 rings (SSSR count). The van der Waals surface area contributed by atoms with Gasteiger partial charge in [-0.05, 0) is 6.07 Å². The maximum Gasteiger partial charge on any atom is 0.317 e. The van der Waals surface area contributed by atoms with Gasteiger partial charge in [0.15, 0.2) is 11.6 Å². The SMILES string of the molecule is COc1c(F)c(Cl)cc2c(O)nc(O)nc12. The highest BCUT2D eigenvalue weighted by Crippen LogP contribution is 2.36. The molecule has 7 heteroatoms. The Morgan fingerprint density at radius 1 is 1.38 bits per heavy atom. The smallest absolute Gasteiger partial charge is 0.317 e. The van der Waals surface area contributed by atoms with Gasteiger partial charge >= 0.3 is 6.01 Å². The van der Waals surface area contributed by atoms with E-state index in [4.69, 9.17) is 21.4 Å². The van der Waals surface area contributed by atoms with Crippen LogP contribution in [0.1, 0.15) is 0 Å². The Morgan fingerprint density at radius 2 is 2.06 bits per heavy atom. The molecule has 0 saturated carbocycles. The summed E-state index contributed by atoms with van der Waals surface area (Å²) in [6.45, 7) is 0. The Bertz CT molecular complexity index is 576. The van der Waals surface area contributed by atoms with Crippen molar-refractivity contribution in [2.24, 2.45) is 0 Å². The minimum Gasteiger partial charge on any atom is -0.493 e. The van der Waals surface area contributed by atoms with Gasteiger partial charge in [0.25, 0.3) is 0 Å². The maximum absolute atomic E-state index is 13.5. The summed E-state index contributed by atoms with van der Waals surface area (Å²) in [5, 5.41) is 18.4. The molecule has 0 atom stereocenters. The van der Waals surface area contributed by atoms with Gasteiger partial charge in [0.2, 0.25) is 5.88 Å². The van der Waals surface area contributed by atoms with Gasteiger partial charge in [-0.3, -0.25) is 0 Å². The first kappa shape index (κ1) is 10.7. The first-order chi connectivity index (χ1) is 7.54. The molecule has 1 heterocycles. The lowest BCUT2D eigenvalue weighted by Crippen LogP contribution is -1.94. The highest BCUT2D eigenvalue weighted by Gasteiger charge is 2.18. The predicted molar refractivity (Wildman–Crippen MR) is 54.4 cm³/mol. The molecule has 1 aromatic heterocycles. The molecule has 0 spiro atoms. The summed E-state index contributed by atoms with van der Waals surface area (Å²) < 4.78 is 18.3. The van der Waals surface area contributed by atoms with Gasteiger partial charge in [0.05, 0.1) is 17.5 Å². The van der Waals surface area contributed by atoms with Crippen LogP contribution in [-0.4, -0.2) is 27.3 Å². The summed E-state index contributed by atoms with van der Waals surface area (Å²) in [7, 11) is 1.23. The Morgan fingerprint density at radius 3 is 2.69 bits per heavy atom. The molecule has 0 aliphatic heterocycles. The number of aromatic nitrogens is 2. The molecule has 2 aromatic rings. The molecule has 0 aliphatic rings. The number of benzene rings is 1. The van der Waals surface area contributed by atoms with Crippen molar-refractivity contribution in [1.82, 2.24) is 9.97 Å². The standard InChI is InChI=1S/C9H6ClFN2O3/c1-16-7-5(11)4(10)2-3-6(7)12-9(15)13-8(3)14/h2H,1H3,(H2,12,13,14,15). The molecule has 1 aromatic carbocycles. The number of rotatable bonds is 1. The van der Waals surface area contributed by atoms with E-state index in [2.05, 4.69) is 9.97 Å². The lowest BCUT2D eigenvalue weighted by molar-refractivity contribution is 0.384. The molecule has 0 bridgehead atoms. The van der Waals surface area contributed by atoms with E-state index in [0.29, 0.717) is 0 Å². The third-order valence-electron chi connectivity index (χ3n) is 2.01. The Kier molecular flexibility index (Phi) is 2.43. The number of fused-ring (bicyclic) bond motifs is 1. The summed E-state index contributed by atoms with van der Waals surface area (Å²) in [5.41, 5.74) is -0.0469. The lowest BCUT2D eigenvalue weighted by atomic mass is 10.2. The monoisotopic (exact) mass is 244 g/mol. The average Bonchev–Trinajstić information content (AvgIpc) is 2.22. The maximum atomic E-state index is 13.5. The van der Waals surface area contributed by atoms with Crippen molar-refractivity contribution in [3.63, 3.8) is 0 Å². The summed E-state index contributed by atoms with van der Waals surface area (Å²) in [4.78, 5) is 6.88. The van der Waals surface area contributed by atoms with E-state index in [9.17, 15) is 9.50 Å². The summed E-state index contributed by atoms with van der Waals surface area (Å²) in [5.74, 6) is -1.56. The second-order valence-electron chi connectivity index (χ2n) is 2.95. The van der Waals surface area contributed by atoms with Crippen LogP contribution in [0.25, 0.3) is 10.9 Å². The molecule has 0 fully saturated rings. The highest BCUT2D eigenvalue weighted by molar-refractivity contribution is 6.31. The van der Waals surface area contributed by atoms with E-state index in [1.54, 1.807) is 0 Å². The van der Waals surface area contributed by atoms with Crippen LogP contribution in [0.15, 0.2) is 6.07 Å². The van der Waals surface area contributed by atoms with Crippen molar-refractivity contribution in [3.05, 3.63) is 16.9 Å². The molecule has 0 saturated heterocycles. The van der Waals surface area contributed by atoms with E-state index in [1.807, 2.05) is 0 Å². The Hall–Kier alpha value is -1.82. The van der Waals surface area contributed by atoms with Gasteiger partial charge in [-0.1, -0.05) is 11.6 Å². The second-order valence-corrected chi connectivity index (χ2v) is 3.36. The van der Waals surface area contributed by atoms with Crippen LogP contribution in [0.4, 0.5) is 4.39 Å². The van der Waals surface area contributed by atoms with E-state index in [1.165, 1.54) is 7.11 Å². The fourth-order valence-corrected chi connectivity index (χ4v) is 1.54. The molecule has 0 aliphatic carbocycles. The fourth-order valence-electron chi connectivity index (χ4n) is 1.34. The van der Waals surface area contributed by atoms with E-state index < -0.39 is 17.7 Å². The van der Waals surface area contributed by atoms with Crippen LogP contribution < -0.4 is 4.74 Å². The van der Waals surface area contributed by atoms with Gasteiger partial charge in [-0.2, -0.15) is 9.97 Å². The van der Waals surface area contributed by atoms with Gasteiger partial charge in [-0.25, -0.2) is 4.39 Å². The van der Waals surface area contributed by atoms with Crippen molar-refractivity contribution in [2.45, 2.75) is 0 Å². The number of hydrogen-bond donors (Lipinski definition) is 2. The first-order valence-corrected chi connectivity index (χ1v) is 4.54. The van der Waals surface area contributed by atoms with Crippen LogP contribution in [0.2, 0.25) is 5.02 Å². The molecule has 16 heavy (non-hydrogen) atoms. The number of nitrogens with zero attached hydrogens (tertiary/aromatic N) is 2. The molecular weight excluding hydrogens is 239 g/mol. The van der Waals surface area contributed by atoms with Crippen molar-refractivity contribution < 1.29 is 19.3 Å². The van der Waals surface area contributed by atoms with Gasteiger partial charge in [0, 0.05) is 0 Å². The Balaban J connectivity index is 2.96. The van der Waals surface area contributed by atoms with Crippen LogP contribution in [0, 0.1) is 5.82 Å². The van der Waals surface area contributed by atoms with Crippen molar-refractivity contribution in [1.29, 1.82) is 0 Å². The number of aromatic hydroxyl groups is 2. The summed E-state index contributed by atoms with van der Waals surface area (Å²) >= 11 is 5.60. The van der Waals surface area contributed by atoms with Crippen LogP contribution in [0.3, 0.4) is 0 Å². The van der Waals surface area contributed by atoms with Crippen LogP contribution >= 0.6 is 11.6 Å². The van der Waals surface area contributed by atoms with Crippen LogP contribution in [-0.2, 0) is 0 Å². The minimum absolute atomic E-state index is 0.0469. The average molecular weight is 245 g/mol. The lowest BCUT2D eigenvalue weighted by Gasteiger charge is -2.08. The summed E-state index contributed by atoms with van der Waals surface area (Å²) in [6, 6.07) is 0.480. The largest absolute Gasteiger partial charge is 0.493 e. The van der Waals surface area contributed by atoms with E-state index in [0.717, 1.165) is 6.07 Å². The first-order valence-electron chi connectivity index (χ1n) is 4.16. The molecule has 2 N–H and O–H groups in total. The molecule has 0 radical (unpaired) electrons. The number of hydrogen-bond acceptors (Lipinski definition) is 5. The molecule has 0 amide bonds. The molecule has 5 nitrogen and oxygen atoms in total. The zero-order valence-electron chi connectivity index (χ0n) is 8.03. The third kappa shape index (κ3) is 1.47. The van der Waals surface area contributed by atoms with Gasteiger partial charge in [-0.15, -0.1) is 0 Å². The molecular formula is C9H6ClFN2O3. The number of methoxy groups -OCH3 is 1. The second kappa shape index (κ2) is 3.64. The van der Waals surface area contributed by atoms with Crippen molar-refractivity contribution in [2.75, 3.05) is 7.11 Å². The van der Waals surface area contributed by atoms with Gasteiger partial charge in [0.1, 0.15) is 5.52 Å². The van der Waals surface area contributed by atoms with E-state index in [-0.39, 0.29) is 21.7 Å². The van der Waals surface area contributed by atoms with E-state index >= 15 is 0 Å². The topological polar surface area (TPSA) is 75.5 Å². The zero-order chi connectivity index (χ0) is 11.9. The van der Waals surface area contributed by atoms with Crippen LogP contribution in [0.5, 0.6) is 17.6 Å². The minimum atomic E-state index is -0.811.